The second-order valence-corrected chi connectivity index (χ2v) is 25.2. The van der Waals surface area contributed by atoms with Crippen molar-refractivity contribution in [1.29, 1.82) is 0 Å². The number of carbonyl (C=O) groups is 1. The first-order valence-corrected chi connectivity index (χ1v) is 25.2. The topological polar surface area (TPSA) is 111 Å². The highest BCUT2D eigenvalue weighted by atomic mass is 28.4. The molecule has 0 saturated carbocycles. The number of benzene rings is 2. The van der Waals surface area contributed by atoms with Gasteiger partial charge in [-0.05, 0) is 88.2 Å². The first-order valence-electron chi connectivity index (χ1n) is 22.3. The van der Waals surface area contributed by atoms with Crippen molar-refractivity contribution in [3.05, 3.63) is 83.9 Å². The molecule has 0 aromatic heterocycles. The molecule has 0 aliphatic carbocycles. The number of rotatable bonds is 14. The molecule has 4 heterocycles. The fraction of sp³-hybridized carbons (Fsp3) is 0.694. The number of carbonyl (C=O) groups excluding carboxylic acids is 1. The van der Waals surface area contributed by atoms with Crippen LogP contribution in [0.3, 0.4) is 0 Å². The molecule has 4 saturated heterocycles. The van der Waals surface area contributed by atoms with Crippen molar-refractivity contribution in [3.63, 3.8) is 0 Å². The highest BCUT2D eigenvalue weighted by Crippen LogP contribution is 2.52. The number of ether oxygens (including phenoxy) is 7. The maximum Gasteiger partial charge on any atom is 0.330 e. The summed E-state index contributed by atoms with van der Waals surface area (Å²) in [5.41, 5.74) is -0.480. The first kappa shape index (κ1) is 47.0. The molecule has 0 amide bonds. The minimum atomic E-state index is -2.32. The predicted molar refractivity (Wildman–Crippen MR) is 235 cm³/mol. The Kier molecular flexibility index (Phi) is 14.7. The van der Waals surface area contributed by atoms with Crippen molar-refractivity contribution in [2.24, 2.45) is 5.92 Å². The van der Waals surface area contributed by atoms with E-state index < -0.39 is 48.9 Å². The summed E-state index contributed by atoms with van der Waals surface area (Å²) in [6.45, 7) is 23.2. The van der Waals surface area contributed by atoms with Gasteiger partial charge in [-0.3, -0.25) is 0 Å². The van der Waals surface area contributed by atoms with Crippen molar-refractivity contribution >= 4 is 14.3 Å². The zero-order valence-electron chi connectivity index (χ0n) is 38.2. The molecule has 60 heavy (non-hydrogen) atoms. The number of esters is 1. The normalized spacial score (nSPS) is 35.9. The van der Waals surface area contributed by atoms with E-state index in [9.17, 15) is 9.90 Å². The van der Waals surface area contributed by atoms with Gasteiger partial charge in [0.05, 0.1) is 85.5 Å². The zero-order valence-corrected chi connectivity index (χ0v) is 39.2. The second kappa shape index (κ2) is 18.7. The van der Waals surface area contributed by atoms with Gasteiger partial charge in [0.25, 0.3) is 0 Å². The zero-order chi connectivity index (χ0) is 43.6. The van der Waals surface area contributed by atoms with E-state index >= 15 is 0 Å². The summed E-state index contributed by atoms with van der Waals surface area (Å²) >= 11 is 0. The SMILES string of the molecule is COC(=O)/C=C/[C@](C)(C[C@H]1O[C@H]2CC[C@@]3(C)O[C@@]4(C)C[C@@H](OCc5ccccc5)[C@](C)(CCOCc5ccccc5)O[C@@H]4C[C@@H]3O[C@@H]2[C@H](C)C[C@@H]1O)O[Si](C)(C)C(C)(C)C. The van der Waals surface area contributed by atoms with Gasteiger partial charge in [0.15, 0.2) is 8.32 Å². The van der Waals surface area contributed by atoms with E-state index in [1.807, 2.05) is 43.3 Å². The van der Waals surface area contributed by atoms with Crippen molar-refractivity contribution in [3.8, 4) is 0 Å². The van der Waals surface area contributed by atoms with Crippen LogP contribution >= 0.6 is 0 Å². The number of hydrogen-bond acceptors (Lipinski definition) is 10. The fourth-order valence-corrected chi connectivity index (χ4v) is 11.3. The van der Waals surface area contributed by atoms with Gasteiger partial charge in [-0.1, -0.05) is 88.4 Å². The number of methoxy groups -OCH3 is 1. The van der Waals surface area contributed by atoms with Crippen molar-refractivity contribution in [2.75, 3.05) is 13.7 Å². The summed E-state index contributed by atoms with van der Waals surface area (Å²) in [5.74, 6) is -0.438. The molecule has 11 heteroatoms. The molecule has 2 aromatic carbocycles. The number of fused-ring (bicyclic) bond motifs is 3. The molecule has 6 rings (SSSR count). The van der Waals surface area contributed by atoms with E-state index in [1.165, 1.54) is 13.2 Å². The molecule has 0 bridgehead atoms. The van der Waals surface area contributed by atoms with Gasteiger partial charge in [-0.2, -0.15) is 0 Å². The Bertz CT molecular complexity index is 1730. The van der Waals surface area contributed by atoms with Crippen molar-refractivity contribution in [1.82, 2.24) is 0 Å². The largest absolute Gasteiger partial charge is 0.466 e. The number of aliphatic hydroxyl groups is 1. The monoisotopic (exact) mass is 851 g/mol. The van der Waals surface area contributed by atoms with Crippen molar-refractivity contribution < 1.29 is 47.5 Å². The van der Waals surface area contributed by atoms with E-state index in [-0.39, 0.29) is 41.5 Å². The average Bonchev–Trinajstić information content (AvgIpc) is 3.39. The summed E-state index contributed by atoms with van der Waals surface area (Å²) < 4.78 is 53.7. The Labute approximate surface area is 361 Å². The quantitative estimate of drug-likeness (QED) is 0.0855. The smallest absolute Gasteiger partial charge is 0.330 e. The molecular weight excluding hydrogens is 777 g/mol. The molecule has 2 aromatic rings. The van der Waals surface area contributed by atoms with Crippen LogP contribution in [0, 0.1) is 5.92 Å². The van der Waals surface area contributed by atoms with E-state index in [4.69, 9.17) is 37.6 Å². The Morgan fingerprint density at radius 1 is 0.917 bits per heavy atom. The minimum Gasteiger partial charge on any atom is -0.466 e. The third kappa shape index (κ3) is 11.0. The van der Waals surface area contributed by atoms with E-state index in [2.05, 4.69) is 85.8 Å². The van der Waals surface area contributed by atoms with E-state index in [1.54, 1.807) is 6.08 Å². The Balaban J connectivity index is 1.21. The highest BCUT2D eigenvalue weighted by Gasteiger charge is 2.61. The van der Waals surface area contributed by atoms with Crippen LogP contribution in [0.1, 0.15) is 111 Å². The van der Waals surface area contributed by atoms with Crippen LogP contribution in [0.2, 0.25) is 18.1 Å². The summed E-state index contributed by atoms with van der Waals surface area (Å²) in [6, 6.07) is 20.5. The van der Waals surface area contributed by atoms with Crippen LogP contribution in [0.25, 0.3) is 0 Å². The molecule has 10 nitrogen and oxygen atoms in total. The number of hydrogen-bond donors (Lipinski definition) is 1. The second-order valence-electron chi connectivity index (χ2n) is 20.5. The van der Waals surface area contributed by atoms with Gasteiger partial charge in [-0.25, -0.2) is 4.79 Å². The van der Waals surface area contributed by atoms with Crippen LogP contribution in [0.4, 0.5) is 0 Å². The third-order valence-corrected chi connectivity index (χ3v) is 18.9. The van der Waals surface area contributed by atoms with Crippen LogP contribution in [0.15, 0.2) is 72.8 Å². The molecule has 4 fully saturated rings. The van der Waals surface area contributed by atoms with Crippen LogP contribution < -0.4 is 0 Å². The summed E-state index contributed by atoms with van der Waals surface area (Å²) in [4.78, 5) is 12.3. The van der Waals surface area contributed by atoms with Crippen LogP contribution in [-0.2, 0) is 55.6 Å². The van der Waals surface area contributed by atoms with E-state index in [0.717, 1.165) is 17.5 Å². The fourth-order valence-electron chi connectivity index (χ4n) is 9.64. The average molecular weight is 851 g/mol. The molecular formula is C49H74O10Si. The summed E-state index contributed by atoms with van der Waals surface area (Å²) in [6.07, 6.45) is 4.95. The number of aliphatic hydroxyl groups excluding tert-OH is 1. The lowest BCUT2D eigenvalue weighted by atomic mass is 9.73. The first-order chi connectivity index (χ1) is 28.2. The molecule has 334 valence electrons. The van der Waals surface area contributed by atoms with E-state index in [0.29, 0.717) is 58.3 Å². The lowest BCUT2D eigenvalue weighted by molar-refractivity contribution is -0.345. The predicted octanol–water partition coefficient (Wildman–Crippen LogP) is 9.27. The molecule has 0 unspecified atom stereocenters. The Morgan fingerprint density at radius 3 is 2.20 bits per heavy atom. The molecule has 4 aliphatic heterocycles. The highest BCUT2D eigenvalue weighted by molar-refractivity contribution is 6.74. The van der Waals surface area contributed by atoms with Crippen LogP contribution in [-0.4, -0.2) is 98.2 Å². The van der Waals surface area contributed by atoms with Gasteiger partial charge in [0, 0.05) is 38.4 Å². The standard InChI is InChI=1S/C49H74O10Si/c1-34-28-37(50)39(30-46(5,24-23-43(51)52-9)59-60(10,11)45(2,3)4)55-38-22-25-48(7)40(56-44(34)38)29-41-49(8,58-48)31-42(54-33-36-20-16-13-17-21-36)47(6,57-41)26-27-53-32-35-18-14-12-15-19-35/h12-21,23-24,34,37-42,44,50H,22,25-33H2,1-11H3/b24-23+/t34-,37+,38+,39-,40+,41-,42-,44-,46-,47+,48-,49+/m1/s1. The van der Waals surface area contributed by atoms with Gasteiger partial charge < -0.3 is 42.7 Å². The third-order valence-electron chi connectivity index (χ3n) is 14.3. The molecule has 4 aliphatic rings. The maximum absolute atomic E-state index is 12.3. The molecule has 0 spiro atoms. The summed E-state index contributed by atoms with van der Waals surface area (Å²) in [5, 5.41) is 11.7. The van der Waals surface area contributed by atoms with Gasteiger partial charge in [0.2, 0.25) is 0 Å². The maximum atomic E-state index is 12.3. The molecule has 0 radical (unpaired) electrons. The Morgan fingerprint density at radius 2 is 1.57 bits per heavy atom. The molecule has 1 N–H and O–H groups in total. The van der Waals surface area contributed by atoms with Gasteiger partial charge >= 0.3 is 5.97 Å². The minimum absolute atomic E-state index is 0.0129. The van der Waals surface area contributed by atoms with Gasteiger partial charge in [0.1, 0.15) is 0 Å². The lowest BCUT2D eigenvalue weighted by Crippen LogP contribution is -2.69. The van der Waals surface area contributed by atoms with Crippen molar-refractivity contribution in [2.45, 2.75) is 197 Å². The Hall–Kier alpha value is -2.45. The summed E-state index contributed by atoms with van der Waals surface area (Å²) in [7, 11) is -0.954. The van der Waals surface area contributed by atoms with Gasteiger partial charge in [-0.15, -0.1) is 0 Å². The van der Waals surface area contributed by atoms with Crippen LogP contribution in [0.5, 0.6) is 0 Å². The molecule has 12 atom stereocenters. The lowest BCUT2D eigenvalue weighted by Gasteiger charge is -2.59.